The fourth-order valence-electron chi connectivity index (χ4n) is 3.77. The number of carbonyl (C=O) groups excluding carboxylic acids is 1. The van der Waals surface area contributed by atoms with Crippen molar-refractivity contribution >= 4 is 28.4 Å². The van der Waals surface area contributed by atoms with Crippen LogP contribution in [0.1, 0.15) is 29.9 Å². The summed E-state index contributed by atoms with van der Waals surface area (Å²) >= 11 is 5.90. The first-order valence-corrected chi connectivity index (χ1v) is 10.8. The van der Waals surface area contributed by atoms with Crippen LogP contribution in [-0.2, 0) is 11.2 Å². The molecule has 0 unspecified atom stereocenters. The maximum Gasteiger partial charge on any atom is 0.295 e. The molecule has 4 aromatic rings. The van der Waals surface area contributed by atoms with Gasteiger partial charge in [-0.15, -0.1) is 0 Å². The molecule has 0 spiro atoms. The molecular weight excluding hydrogens is 426 g/mol. The Hall–Kier alpha value is -3.45. The van der Waals surface area contributed by atoms with E-state index in [2.05, 4.69) is 15.5 Å². The van der Waals surface area contributed by atoms with Gasteiger partial charge in [0.1, 0.15) is 6.04 Å². The molecule has 0 aliphatic rings. The number of nitrogens with one attached hydrogen (secondary N) is 1. The Morgan fingerprint density at radius 2 is 1.75 bits per heavy atom. The molecule has 32 heavy (non-hydrogen) atoms. The number of hydrogen-bond acceptors (Lipinski definition) is 4. The minimum absolute atomic E-state index is 0.272. The van der Waals surface area contributed by atoms with E-state index < -0.39 is 6.04 Å². The lowest BCUT2D eigenvalue weighted by Crippen LogP contribution is -2.38. The molecule has 0 bridgehead atoms. The number of rotatable bonds is 6. The molecule has 0 saturated heterocycles. The van der Waals surface area contributed by atoms with E-state index in [0.29, 0.717) is 34.6 Å². The number of halogens is 1. The van der Waals surface area contributed by atoms with E-state index >= 15 is 0 Å². The molecule has 8 heteroatoms. The van der Waals surface area contributed by atoms with E-state index in [1.165, 1.54) is 4.68 Å². The number of fused-ring (bicyclic) bond motifs is 1. The van der Waals surface area contributed by atoms with Gasteiger partial charge in [-0.2, -0.15) is 10.2 Å². The molecule has 0 radical (unpaired) electrons. The molecule has 0 saturated carbocycles. The van der Waals surface area contributed by atoms with Crippen molar-refractivity contribution in [3.05, 3.63) is 86.9 Å². The van der Waals surface area contributed by atoms with Crippen molar-refractivity contribution in [2.24, 2.45) is 0 Å². The quantitative estimate of drug-likeness (QED) is 0.485. The van der Waals surface area contributed by atoms with Crippen molar-refractivity contribution in [3.8, 4) is 5.69 Å². The summed E-state index contributed by atoms with van der Waals surface area (Å²) in [6.07, 6.45) is 0.663. The minimum atomic E-state index is -0.766. The lowest BCUT2D eigenvalue weighted by Gasteiger charge is -2.15. The lowest BCUT2D eigenvalue weighted by molar-refractivity contribution is -0.124. The SMILES string of the molecule is Cc1nn([C@H](C)C(=O)NCCc2ccc(Cl)cc2)c(=O)c2nn(-c3ccccc3)c(C)c12. The Labute approximate surface area is 190 Å². The van der Waals surface area contributed by atoms with Gasteiger partial charge in [0.2, 0.25) is 5.91 Å². The van der Waals surface area contributed by atoms with Gasteiger partial charge in [-0.1, -0.05) is 41.9 Å². The Balaban J connectivity index is 1.58. The highest BCUT2D eigenvalue weighted by Crippen LogP contribution is 2.21. The third-order valence-electron chi connectivity index (χ3n) is 5.52. The van der Waals surface area contributed by atoms with Crippen molar-refractivity contribution in [3.63, 3.8) is 0 Å². The number of hydrogen-bond donors (Lipinski definition) is 1. The number of para-hydroxylation sites is 1. The first kappa shape index (κ1) is 21.8. The summed E-state index contributed by atoms with van der Waals surface area (Å²) in [6.45, 7) is 5.85. The van der Waals surface area contributed by atoms with Gasteiger partial charge >= 0.3 is 0 Å². The van der Waals surface area contributed by atoms with Gasteiger partial charge in [0, 0.05) is 11.6 Å². The van der Waals surface area contributed by atoms with Crippen molar-refractivity contribution in [1.82, 2.24) is 24.9 Å². The zero-order chi connectivity index (χ0) is 22.8. The summed E-state index contributed by atoms with van der Waals surface area (Å²) in [6, 6.07) is 16.3. The Morgan fingerprint density at radius 3 is 2.44 bits per heavy atom. The average molecular weight is 450 g/mol. The van der Waals surface area contributed by atoms with Crippen LogP contribution in [0.15, 0.2) is 59.4 Å². The van der Waals surface area contributed by atoms with Crippen LogP contribution in [0.4, 0.5) is 0 Å². The fraction of sp³-hybridized carbons (Fsp3) is 0.250. The zero-order valence-corrected chi connectivity index (χ0v) is 18.9. The largest absolute Gasteiger partial charge is 0.354 e. The summed E-state index contributed by atoms with van der Waals surface area (Å²) in [4.78, 5) is 25.9. The van der Waals surface area contributed by atoms with Crippen LogP contribution < -0.4 is 10.9 Å². The number of amides is 1. The normalized spacial score (nSPS) is 12.1. The van der Waals surface area contributed by atoms with E-state index in [9.17, 15) is 9.59 Å². The standard InChI is InChI=1S/C24H24ClN5O2/c1-15-21-16(2)29(20-7-5-4-6-8-20)28-22(21)24(32)30(27-15)17(3)23(31)26-14-13-18-9-11-19(25)12-10-18/h4-12,17H,13-14H2,1-3H3,(H,26,31)/t17-/m1/s1. The Bertz CT molecular complexity index is 1330. The predicted molar refractivity (Wildman–Crippen MR) is 125 cm³/mol. The van der Waals surface area contributed by atoms with Crippen LogP contribution in [0.25, 0.3) is 16.6 Å². The van der Waals surface area contributed by atoms with Gasteiger partial charge in [0.25, 0.3) is 5.56 Å². The maximum atomic E-state index is 13.2. The van der Waals surface area contributed by atoms with Crippen LogP contribution in [0, 0.1) is 13.8 Å². The Kier molecular flexibility index (Phi) is 6.10. The molecule has 2 heterocycles. The molecule has 0 fully saturated rings. The van der Waals surface area contributed by atoms with Crippen LogP contribution in [-0.4, -0.2) is 32.0 Å². The highest BCUT2D eigenvalue weighted by Gasteiger charge is 2.23. The molecule has 2 aromatic heterocycles. The van der Waals surface area contributed by atoms with Crippen LogP contribution in [0.5, 0.6) is 0 Å². The van der Waals surface area contributed by atoms with Gasteiger partial charge in [0.15, 0.2) is 5.52 Å². The second-order valence-corrected chi connectivity index (χ2v) is 8.17. The summed E-state index contributed by atoms with van der Waals surface area (Å²) in [5.74, 6) is -0.272. The molecule has 1 atom stereocenters. The first-order chi connectivity index (χ1) is 15.4. The Morgan fingerprint density at radius 1 is 1.06 bits per heavy atom. The third-order valence-corrected chi connectivity index (χ3v) is 5.77. The predicted octanol–water partition coefficient (Wildman–Crippen LogP) is 3.77. The van der Waals surface area contributed by atoms with Gasteiger partial charge in [-0.3, -0.25) is 9.59 Å². The fourth-order valence-corrected chi connectivity index (χ4v) is 3.90. The van der Waals surface area contributed by atoms with Crippen molar-refractivity contribution in [2.75, 3.05) is 6.54 Å². The van der Waals surface area contributed by atoms with Gasteiger partial charge in [0.05, 0.1) is 22.5 Å². The number of nitrogens with zero attached hydrogens (tertiary/aromatic N) is 4. The maximum absolute atomic E-state index is 13.2. The average Bonchev–Trinajstić information content (AvgIpc) is 3.15. The van der Waals surface area contributed by atoms with Crippen LogP contribution >= 0.6 is 11.6 Å². The van der Waals surface area contributed by atoms with Crippen LogP contribution in [0.3, 0.4) is 0 Å². The van der Waals surface area contributed by atoms with Crippen molar-refractivity contribution < 1.29 is 4.79 Å². The smallest absolute Gasteiger partial charge is 0.295 e. The first-order valence-electron chi connectivity index (χ1n) is 10.4. The minimum Gasteiger partial charge on any atom is -0.354 e. The van der Waals surface area contributed by atoms with E-state index in [1.54, 1.807) is 11.6 Å². The molecule has 1 amide bonds. The van der Waals surface area contributed by atoms with Gasteiger partial charge < -0.3 is 5.32 Å². The number of aryl methyl sites for hydroxylation is 2. The second kappa shape index (κ2) is 8.96. The molecule has 164 valence electrons. The van der Waals surface area contributed by atoms with Crippen molar-refractivity contribution in [2.45, 2.75) is 33.2 Å². The topological polar surface area (TPSA) is 81.8 Å². The van der Waals surface area contributed by atoms with E-state index in [1.807, 2.05) is 68.4 Å². The summed E-state index contributed by atoms with van der Waals surface area (Å²) < 4.78 is 2.96. The molecule has 2 aromatic carbocycles. The number of carbonyl (C=O) groups is 1. The highest BCUT2D eigenvalue weighted by molar-refractivity contribution is 6.30. The van der Waals surface area contributed by atoms with Crippen LogP contribution in [0.2, 0.25) is 5.02 Å². The molecule has 0 aliphatic carbocycles. The molecular formula is C24H24ClN5O2. The summed E-state index contributed by atoms with van der Waals surface area (Å²) in [5, 5.41) is 13.3. The summed E-state index contributed by atoms with van der Waals surface area (Å²) in [5.41, 5.74) is 3.33. The molecule has 7 nitrogen and oxygen atoms in total. The molecule has 0 aliphatic heterocycles. The monoisotopic (exact) mass is 449 g/mol. The van der Waals surface area contributed by atoms with Crippen molar-refractivity contribution in [1.29, 1.82) is 0 Å². The van der Waals surface area contributed by atoms with E-state index in [4.69, 9.17) is 11.6 Å². The van der Waals surface area contributed by atoms with E-state index in [-0.39, 0.29) is 11.5 Å². The number of benzene rings is 2. The zero-order valence-electron chi connectivity index (χ0n) is 18.2. The molecule has 4 rings (SSSR count). The van der Waals surface area contributed by atoms with Gasteiger partial charge in [-0.25, -0.2) is 9.36 Å². The molecule has 1 N–H and O–H groups in total. The lowest BCUT2D eigenvalue weighted by atomic mass is 10.1. The third kappa shape index (κ3) is 4.16. The second-order valence-electron chi connectivity index (χ2n) is 7.73. The highest BCUT2D eigenvalue weighted by atomic mass is 35.5. The number of aromatic nitrogens is 4. The van der Waals surface area contributed by atoms with Gasteiger partial charge in [-0.05, 0) is 57.0 Å². The summed E-state index contributed by atoms with van der Waals surface area (Å²) in [7, 11) is 0. The van der Waals surface area contributed by atoms with E-state index in [0.717, 1.165) is 16.9 Å².